The SMILES string of the molecule is C=CCNS(=O)(=O)c1cc(C(=O)OCc2nc(CC)no2)ccc1F. The van der Waals surface area contributed by atoms with Crippen molar-refractivity contribution in [3.63, 3.8) is 0 Å². The smallest absolute Gasteiger partial charge is 0.338 e. The third-order valence-electron chi connectivity index (χ3n) is 3.03. The zero-order valence-corrected chi connectivity index (χ0v) is 14.2. The molecule has 1 heterocycles. The van der Waals surface area contributed by atoms with Gasteiger partial charge < -0.3 is 9.26 Å². The number of benzene rings is 1. The van der Waals surface area contributed by atoms with E-state index in [4.69, 9.17) is 9.26 Å². The maximum absolute atomic E-state index is 13.8. The molecule has 10 heteroatoms. The molecule has 2 rings (SSSR count). The van der Waals surface area contributed by atoms with Gasteiger partial charge in [-0.3, -0.25) is 0 Å². The number of hydrogen-bond donors (Lipinski definition) is 1. The van der Waals surface area contributed by atoms with Crippen LogP contribution in [0.5, 0.6) is 0 Å². The van der Waals surface area contributed by atoms with Crippen LogP contribution in [0.2, 0.25) is 0 Å². The molecule has 0 aliphatic rings. The number of halogens is 1. The Kier molecular flexibility index (Phi) is 5.99. The molecule has 0 saturated carbocycles. The van der Waals surface area contributed by atoms with Crippen molar-refractivity contribution in [2.24, 2.45) is 0 Å². The lowest BCUT2D eigenvalue weighted by atomic mass is 10.2. The van der Waals surface area contributed by atoms with Crippen LogP contribution in [0.1, 0.15) is 29.0 Å². The van der Waals surface area contributed by atoms with Crippen LogP contribution in [0.25, 0.3) is 0 Å². The Labute approximate surface area is 143 Å². The minimum absolute atomic E-state index is 0.0760. The fourth-order valence-electron chi connectivity index (χ4n) is 1.79. The van der Waals surface area contributed by atoms with Gasteiger partial charge in [0.25, 0.3) is 5.89 Å². The van der Waals surface area contributed by atoms with E-state index in [1.807, 2.05) is 6.92 Å². The highest BCUT2D eigenvalue weighted by atomic mass is 32.2. The van der Waals surface area contributed by atoms with Gasteiger partial charge in [-0.15, -0.1) is 6.58 Å². The first-order valence-corrected chi connectivity index (χ1v) is 8.74. The molecule has 0 radical (unpaired) electrons. The van der Waals surface area contributed by atoms with Crippen molar-refractivity contribution in [2.75, 3.05) is 6.54 Å². The fraction of sp³-hybridized carbons (Fsp3) is 0.267. The number of ether oxygens (including phenoxy) is 1. The van der Waals surface area contributed by atoms with Crippen LogP contribution < -0.4 is 4.72 Å². The topological polar surface area (TPSA) is 111 Å². The summed E-state index contributed by atoms with van der Waals surface area (Å²) in [4.78, 5) is 15.3. The number of carbonyl (C=O) groups is 1. The molecule has 0 aliphatic carbocycles. The molecule has 1 aromatic heterocycles. The number of esters is 1. The normalized spacial score (nSPS) is 11.3. The van der Waals surface area contributed by atoms with Gasteiger partial charge in [0.05, 0.1) is 5.56 Å². The van der Waals surface area contributed by atoms with Crippen molar-refractivity contribution in [2.45, 2.75) is 24.8 Å². The molecule has 2 aromatic rings. The summed E-state index contributed by atoms with van der Waals surface area (Å²) in [6, 6.07) is 2.89. The van der Waals surface area contributed by atoms with E-state index in [0.717, 1.165) is 18.2 Å². The summed E-state index contributed by atoms with van der Waals surface area (Å²) in [7, 11) is -4.12. The van der Waals surface area contributed by atoms with Crippen molar-refractivity contribution in [3.05, 3.63) is 53.9 Å². The first kappa shape index (κ1) is 18.7. The molecule has 1 N–H and O–H groups in total. The lowest BCUT2D eigenvalue weighted by Gasteiger charge is -2.08. The van der Waals surface area contributed by atoms with Crippen LogP contribution in [0.15, 0.2) is 40.3 Å². The summed E-state index contributed by atoms with van der Waals surface area (Å²) in [5.41, 5.74) is -0.129. The van der Waals surface area contributed by atoms with Crippen LogP contribution in [-0.4, -0.2) is 31.1 Å². The summed E-state index contributed by atoms with van der Waals surface area (Å²) in [6.07, 6.45) is 1.87. The van der Waals surface area contributed by atoms with Gasteiger partial charge in [-0.05, 0) is 18.2 Å². The Morgan fingerprint density at radius 1 is 1.48 bits per heavy atom. The molecule has 8 nitrogen and oxygen atoms in total. The van der Waals surface area contributed by atoms with Crippen molar-refractivity contribution >= 4 is 16.0 Å². The molecular weight excluding hydrogens is 353 g/mol. The first-order valence-electron chi connectivity index (χ1n) is 7.26. The largest absolute Gasteiger partial charge is 0.452 e. The van der Waals surface area contributed by atoms with Crippen molar-refractivity contribution in [3.8, 4) is 0 Å². The van der Waals surface area contributed by atoms with E-state index in [1.54, 1.807) is 0 Å². The van der Waals surface area contributed by atoms with Gasteiger partial charge in [0.2, 0.25) is 10.0 Å². The van der Waals surface area contributed by atoms with E-state index < -0.39 is 26.7 Å². The van der Waals surface area contributed by atoms with Crippen LogP contribution >= 0.6 is 0 Å². The fourth-order valence-corrected chi connectivity index (χ4v) is 2.89. The lowest BCUT2D eigenvalue weighted by Crippen LogP contribution is -2.25. The highest BCUT2D eigenvalue weighted by molar-refractivity contribution is 7.89. The standard InChI is InChI=1S/C15H16FN3O5S/c1-3-7-17-25(21,22)12-8-10(5-6-11(12)16)15(20)23-9-14-18-13(4-2)19-24-14/h3,5-6,8,17H,1,4,7,9H2,2H3. The second-order valence-corrected chi connectivity index (χ2v) is 6.56. The summed E-state index contributed by atoms with van der Waals surface area (Å²) in [5.74, 6) is -1.27. The predicted octanol–water partition coefficient (Wildman–Crippen LogP) is 1.59. The highest BCUT2D eigenvalue weighted by Crippen LogP contribution is 2.17. The van der Waals surface area contributed by atoms with Gasteiger partial charge in [0.1, 0.15) is 10.7 Å². The maximum atomic E-state index is 13.8. The molecule has 0 saturated heterocycles. The molecular formula is C15H16FN3O5S. The van der Waals surface area contributed by atoms with Crippen molar-refractivity contribution in [1.82, 2.24) is 14.9 Å². The average molecular weight is 369 g/mol. The minimum atomic E-state index is -4.12. The van der Waals surface area contributed by atoms with Crippen molar-refractivity contribution in [1.29, 1.82) is 0 Å². The number of aryl methyl sites for hydroxylation is 1. The van der Waals surface area contributed by atoms with Gasteiger partial charge in [-0.25, -0.2) is 22.3 Å². The maximum Gasteiger partial charge on any atom is 0.338 e. The molecule has 0 unspecified atom stereocenters. The van der Waals surface area contributed by atoms with E-state index in [2.05, 4.69) is 21.4 Å². The number of aromatic nitrogens is 2. The molecule has 0 aliphatic heterocycles. The molecule has 25 heavy (non-hydrogen) atoms. The van der Waals surface area contributed by atoms with Gasteiger partial charge in [-0.2, -0.15) is 4.98 Å². The first-order chi connectivity index (χ1) is 11.9. The van der Waals surface area contributed by atoms with Crippen LogP contribution in [0.3, 0.4) is 0 Å². The number of sulfonamides is 1. The lowest BCUT2D eigenvalue weighted by molar-refractivity contribution is 0.0429. The second kappa shape index (κ2) is 7.99. The van der Waals surface area contributed by atoms with Gasteiger partial charge in [0, 0.05) is 13.0 Å². The monoisotopic (exact) mass is 369 g/mol. The Bertz CT molecular complexity index is 879. The minimum Gasteiger partial charge on any atom is -0.452 e. The second-order valence-electron chi connectivity index (χ2n) is 4.82. The number of hydrogen-bond acceptors (Lipinski definition) is 7. The predicted molar refractivity (Wildman–Crippen MR) is 84.6 cm³/mol. The van der Waals surface area contributed by atoms with Crippen LogP contribution in [0, 0.1) is 5.82 Å². The highest BCUT2D eigenvalue weighted by Gasteiger charge is 2.21. The van der Waals surface area contributed by atoms with E-state index in [1.165, 1.54) is 6.08 Å². The number of nitrogens with zero attached hydrogens (tertiary/aromatic N) is 2. The number of rotatable bonds is 8. The Hall–Kier alpha value is -2.59. The van der Waals surface area contributed by atoms with Crippen molar-refractivity contribution < 1.29 is 26.9 Å². The molecule has 0 amide bonds. The number of nitrogens with one attached hydrogen (secondary N) is 1. The molecule has 0 spiro atoms. The molecule has 0 fully saturated rings. The third kappa shape index (κ3) is 4.70. The summed E-state index contributed by atoms with van der Waals surface area (Å²) >= 11 is 0. The van der Waals surface area contributed by atoms with Gasteiger partial charge >= 0.3 is 5.97 Å². The van der Waals surface area contributed by atoms with E-state index in [0.29, 0.717) is 12.2 Å². The zero-order valence-electron chi connectivity index (χ0n) is 13.4. The summed E-state index contributed by atoms with van der Waals surface area (Å²) < 4.78 is 49.8. The van der Waals surface area contributed by atoms with Gasteiger partial charge in [0.15, 0.2) is 12.4 Å². The van der Waals surface area contributed by atoms with E-state index >= 15 is 0 Å². The molecule has 0 atom stereocenters. The Morgan fingerprint density at radius 3 is 2.88 bits per heavy atom. The third-order valence-corrected chi connectivity index (χ3v) is 4.47. The zero-order chi connectivity index (χ0) is 18.4. The van der Waals surface area contributed by atoms with Crippen LogP contribution in [0.4, 0.5) is 4.39 Å². The van der Waals surface area contributed by atoms with E-state index in [-0.39, 0.29) is 24.6 Å². The number of carbonyl (C=O) groups excluding carboxylic acids is 1. The summed E-state index contributed by atoms with van der Waals surface area (Å²) in [5, 5.41) is 3.65. The van der Waals surface area contributed by atoms with Gasteiger partial charge in [-0.1, -0.05) is 18.2 Å². The quantitative estimate of drug-likeness (QED) is 0.555. The molecule has 134 valence electrons. The average Bonchev–Trinajstić information content (AvgIpc) is 3.06. The van der Waals surface area contributed by atoms with Crippen LogP contribution in [-0.2, 0) is 27.8 Å². The summed E-state index contributed by atoms with van der Waals surface area (Å²) in [6.45, 7) is 4.85. The Balaban J connectivity index is 2.14. The van der Waals surface area contributed by atoms with E-state index in [9.17, 15) is 17.6 Å². The molecule has 0 bridgehead atoms. The Morgan fingerprint density at radius 2 is 2.24 bits per heavy atom. The molecule has 1 aromatic carbocycles.